The Hall–Kier alpha value is -1.24. The average Bonchev–Trinajstić information content (AvgIpc) is 2.26. The number of halogens is 4. The number of amides is 1. The highest BCUT2D eigenvalue weighted by Crippen LogP contribution is 2.33. The fourth-order valence-corrected chi connectivity index (χ4v) is 1.79. The van der Waals surface area contributed by atoms with Gasteiger partial charge in [0.05, 0.1) is 12.1 Å². The maximum absolute atomic E-state index is 12.4. The molecule has 1 aromatic carbocycles. The van der Waals surface area contributed by atoms with Crippen LogP contribution in [0.1, 0.15) is 12.5 Å². The van der Waals surface area contributed by atoms with Gasteiger partial charge in [-0.15, -0.1) is 0 Å². The zero-order valence-corrected chi connectivity index (χ0v) is 11.2. The Morgan fingerprint density at radius 2 is 2.06 bits per heavy atom. The number of hydrogen-bond donors (Lipinski definition) is 2. The lowest BCUT2D eigenvalue weighted by molar-refractivity contribution is -0.137. The van der Waals surface area contributed by atoms with E-state index in [2.05, 4.69) is 26.6 Å². The molecule has 1 aromatic rings. The summed E-state index contributed by atoms with van der Waals surface area (Å²) < 4.78 is 37.5. The lowest BCUT2D eigenvalue weighted by atomic mass is 10.2. The van der Waals surface area contributed by atoms with E-state index >= 15 is 0 Å². The fraction of sp³-hybridized carbons (Fsp3) is 0.364. The lowest BCUT2D eigenvalue weighted by Crippen LogP contribution is -2.29. The Morgan fingerprint density at radius 3 is 2.56 bits per heavy atom. The van der Waals surface area contributed by atoms with E-state index in [1.807, 2.05) is 0 Å². The molecule has 0 radical (unpaired) electrons. The molecule has 0 saturated carbocycles. The minimum atomic E-state index is -4.37. The summed E-state index contributed by atoms with van der Waals surface area (Å²) in [4.78, 5) is 11.2. The van der Waals surface area contributed by atoms with Gasteiger partial charge in [-0.2, -0.15) is 13.2 Å². The topological polar surface area (TPSA) is 41.1 Å². The molecule has 0 spiro atoms. The minimum Gasteiger partial charge on any atom is -0.375 e. The van der Waals surface area contributed by atoms with Gasteiger partial charge in [-0.3, -0.25) is 4.79 Å². The van der Waals surface area contributed by atoms with Gasteiger partial charge in [-0.1, -0.05) is 0 Å². The molecule has 0 bridgehead atoms. The normalized spacial score (nSPS) is 11.2. The summed E-state index contributed by atoms with van der Waals surface area (Å²) in [6, 6.07) is 3.22. The molecule has 2 N–H and O–H groups in total. The van der Waals surface area contributed by atoms with Crippen molar-refractivity contribution in [1.82, 2.24) is 5.32 Å². The van der Waals surface area contributed by atoms with Crippen LogP contribution in [0.15, 0.2) is 22.7 Å². The van der Waals surface area contributed by atoms with Crippen molar-refractivity contribution in [3.05, 3.63) is 28.2 Å². The van der Waals surface area contributed by atoms with Gasteiger partial charge in [0, 0.05) is 16.7 Å². The highest BCUT2D eigenvalue weighted by Gasteiger charge is 2.30. The number of benzene rings is 1. The second-order valence-electron chi connectivity index (χ2n) is 3.50. The maximum atomic E-state index is 12.4. The van der Waals surface area contributed by atoms with E-state index in [1.165, 1.54) is 6.07 Å². The predicted octanol–water partition coefficient (Wildman–Crippen LogP) is 3.02. The van der Waals surface area contributed by atoms with Crippen LogP contribution in [0.4, 0.5) is 18.9 Å². The van der Waals surface area contributed by atoms with Crippen LogP contribution >= 0.6 is 15.9 Å². The van der Waals surface area contributed by atoms with E-state index in [-0.39, 0.29) is 16.9 Å². The molecule has 0 heterocycles. The third-order valence-corrected chi connectivity index (χ3v) is 2.77. The molecule has 0 aromatic heterocycles. The molecule has 100 valence electrons. The van der Waals surface area contributed by atoms with Gasteiger partial charge in [-0.25, -0.2) is 0 Å². The molecular weight excluding hydrogens is 313 g/mol. The van der Waals surface area contributed by atoms with Crippen LogP contribution in [-0.2, 0) is 11.0 Å². The maximum Gasteiger partial charge on any atom is 0.416 e. The van der Waals surface area contributed by atoms with E-state index < -0.39 is 11.7 Å². The van der Waals surface area contributed by atoms with Crippen LogP contribution < -0.4 is 10.6 Å². The SMILES string of the molecule is CCNC(=O)CNc1ccc(C(F)(F)F)cc1Br. The highest BCUT2D eigenvalue weighted by atomic mass is 79.9. The number of likely N-dealkylation sites (N-methyl/N-ethyl adjacent to an activating group) is 1. The molecule has 18 heavy (non-hydrogen) atoms. The summed E-state index contributed by atoms with van der Waals surface area (Å²) in [5, 5.41) is 5.32. The van der Waals surface area contributed by atoms with E-state index in [1.54, 1.807) is 6.92 Å². The molecule has 7 heteroatoms. The zero-order valence-electron chi connectivity index (χ0n) is 9.57. The third kappa shape index (κ3) is 4.21. The average molecular weight is 325 g/mol. The van der Waals surface area contributed by atoms with Crippen LogP contribution in [-0.4, -0.2) is 19.0 Å². The van der Waals surface area contributed by atoms with Crippen molar-refractivity contribution in [2.75, 3.05) is 18.4 Å². The summed E-state index contributed by atoms with van der Waals surface area (Å²) >= 11 is 3.03. The standard InChI is InChI=1S/C11H12BrF3N2O/c1-2-16-10(18)6-17-9-4-3-7(5-8(9)12)11(13,14)15/h3-5,17H,2,6H2,1H3,(H,16,18). The first-order valence-electron chi connectivity index (χ1n) is 5.22. The largest absolute Gasteiger partial charge is 0.416 e. The molecule has 3 nitrogen and oxygen atoms in total. The van der Waals surface area contributed by atoms with Crippen LogP contribution in [0.3, 0.4) is 0 Å². The van der Waals surface area contributed by atoms with Crippen molar-refractivity contribution in [2.24, 2.45) is 0 Å². The van der Waals surface area contributed by atoms with Crippen molar-refractivity contribution in [3.63, 3.8) is 0 Å². The number of anilines is 1. The van der Waals surface area contributed by atoms with Gasteiger partial charge in [0.1, 0.15) is 0 Å². The Morgan fingerprint density at radius 1 is 1.39 bits per heavy atom. The van der Waals surface area contributed by atoms with E-state index in [4.69, 9.17) is 0 Å². The van der Waals surface area contributed by atoms with Gasteiger partial charge < -0.3 is 10.6 Å². The molecule has 0 aliphatic carbocycles. The van der Waals surface area contributed by atoms with Crippen LogP contribution in [0.25, 0.3) is 0 Å². The van der Waals surface area contributed by atoms with E-state index in [0.717, 1.165) is 12.1 Å². The smallest absolute Gasteiger partial charge is 0.375 e. The number of carbonyl (C=O) groups is 1. The van der Waals surface area contributed by atoms with E-state index in [0.29, 0.717) is 12.2 Å². The molecular formula is C11H12BrF3N2O. The molecule has 0 aliphatic heterocycles. The van der Waals surface area contributed by atoms with Crippen molar-refractivity contribution < 1.29 is 18.0 Å². The molecule has 1 rings (SSSR count). The van der Waals surface area contributed by atoms with Crippen molar-refractivity contribution in [1.29, 1.82) is 0 Å². The third-order valence-electron chi connectivity index (χ3n) is 2.11. The first kappa shape index (κ1) is 14.8. The molecule has 1 amide bonds. The van der Waals surface area contributed by atoms with Crippen molar-refractivity contribution in [2.45, 2.75) is 13.1 Å². The Labute approximate surface area is 111 Å². The molecule has 0 unspecified atom stereocenters. The monoisotopic (exact) mass is 324 g/mol. The van der Waals surface area contributed by atoms with Gasteiger partial charge in [0.15, 0.2) is 0 Å². The van der Waals surface area contributed by atoms with Gasteiger partial charge >= 0.3 is 6.18 Å². The molecule has 0 aliphatic rings. The molecule has 0 atom stereocenters. The summed E-state index contributed by atoms with van der Waals surface area (Å²) in [6.07, 6.45) is -4.37. The highest BCUT2D eigenvalue weighted by molar-refractivity contribution is 9.10. The van der Waals surface area contributed by atoms with Crippen molar-refractivity contribution in [3.8, 4) is 0 Å². The van der Waals surface area contributed by atoms with Gasteiger partial charge in [-0.05, 0) is 41.1 Å². The molecule has 0 saturated heterocycles. The lowest BCUT2D eigenvalue weighted by Gasteiger charge is -2.11. The summed E-state index contributed by atoms with van der Waals surface area (Å²) in [5.41, 5.74) is -0.299. The summed E-state index contributed by atoms with van der Waals surface area (Å²) in [7, 11) is 0. The second kappa shape index (κ2) is 6.08. The van der Waals surface area contributed by atoms with Crippen LogP contribution in [0.5, 0.6) is 0 Å². The first-order valence-corrected chi connectivity index (χ1v) is 6.01. The number of alkyl halides is 3. The van der Waals surface area contributed by atoms with Crippen LogP contribution in [0.2, 0.25) is 0 Å². The number of nitrogens with one attached hydrogen (secondary N) is 2. The number of rotatable bonds is 4. The zero-order chi connectivity index (χ0) is 13.8. The van der Waals surface area contributed by atoms with Crippen molar-refractivity contribution >= 4 is 27.5 Å². The summed E-state index contributed by atoms with van der Waals surface area (Å²) in [6.45, 7) is 2.30. The van der Waals surface area contributed by atoms with Gasteiger partial charge in [0.2, 0.25) is 5.91 Å². The summed E-state index contributed by atoms with van der Waals surface area (Å²) in [5.74, 6) is -0.218. The Balaban J connectivity index is 2.72. The van der Waals surface area contributed by atoms with Crippen LogP contribution in [0, 0.1) is 0 Å². The Kier molecular flexibility index (Phi) is 5.01. The quantitative estimate of drug-likeness (QED) is 0.893. The minimum absolute atomic E-state index is 0.0117. The fourth-order valence-electron chi connectivity index (χ4n) is 1.27. The van der Waals surface area contributed by atoms with E-state index in [9.17, 15) is 18.0 Å². The Bertz CT molecular complexity index is 435. The number of hydrogen-bond acceptors (Lipinski definition) is 2. The molecule has 0 fully saturated rings. The predicted molar refractivity (Wildman–Crippen MR) is 66.3 cm³/mol. The van der Waals surface area contributed by atoms with Gasteiger partial charge in [0.25, 0.3) is 0 Å². The first-order chi connectivity index (χ1) is 8.34. The second-order valence-corrected chi connectivity index (χ2v) is 4.35. The number of carbonyl (C=O) groups excluding carboxylic acids is 1.